The van der Waals surface area contributed by atoms with Crippen LogP contribution in [0.4, 0.5) is 11.4 Å². The standard InChI is InChI=1S/C26H26N2/c27-20-8-19-26(22-11-7-12-22,21-9-3-1-4-10-21)23-15-17-25(18-16-23)28-24-13-5-2-6-14-24/h1-6,9-10,13-18,22,28H,7-8,11-12,19H2. The van der Waals surface area contributed by atoms with Gasteiger partial charge in [-0.2, -0.15) is 5.26 Å². The number of benzene rings is 3. The van der Waals surface area contributed by atoms with Crippen molar-refractivity contribution in [3.8, 4) is 6.07 Å². The van der Waals surface area contributed by atoms with E-state index in [1.165, 1.54) is 30.4 Å². The number of rotatable bonds is 7. The molecule has 1 unspecified atom stereocenters. The van der Waals surface area contributed by atoms with Crippen molar-refractivity contribution in [2.45, 2.75) is 37.5 Å². The molecule has 1 saturated carbocycles. The zero-order valence-electron chi connectivity index (χ0n) is 16.1. The molecule has 1 N–H and O–H groups in total. The lowest BCUT2D eigenvalue weighted by molar-refractivity contribution is 0.187. The van der Waals surface area contributed by atoms with Crippen LogP contribution < -0.4 is 5.32 Å². The molecule has 140 valence electrons. The van der Waals surface area contributed by atoms with Crippen LogP contribution in [0.5, 0.6) is 0 Å². The zero-order valence-corrected chi connectivity index (χ0v) is 16.1. The quantitative estimate of drug-likeness (QED) is 0.498. The fourth-order valence-electron chi connectivity index (χ4n) is 4.56. The maximum atomic E-state index is 9.34. The van der Waals surface area contributed by atoms with Crippen LogP contribution in [-0.4, -0.2) is 0 Å². The highest BCUT2D eigenvalue weighted by Gasteiger charge is 2.44. The molecule has 3 aromatic rings. The van der Waals surface area contributed by atoms with E-state index in [9.17, 15) is 5.26 Å². The predicted molar refractivity (Wildman–Crippen MR) is 116 cm³/mol. The van der Waals surface area contributed by atoms with Gasteiger partial charge in [0.2, 0.25) is 0 Å². The van der Waals surface area contributed by atoms with Gasteiger partial charge in [-0.25, -0.2) is 0 Å². The molecule has 0 heterocycles. The Balaban J connectivity index is 1.71. The Hall–Kier alpha value is -3.05. The molecule has 1 fully saturated rings. The van der Waals surface area contributed by atoms with Crippen LogP contribution in [-0.2, 0) is 5.41 Å². The van der Waals surface area contributed by atoms with Gasteiger partial charge in [-0.1, -0.05) is 67.1 Å². The first kappa shape index (κ1) is 18.3. The van der Waals surface area contributed by atoms with Gasteiger partial charge in [0.25, 0.3) is 0 Å². The Kier molecular flexibility index (Phi) is 5.44. The molecular weight excluding hydrogens is 340 g/mol. The van der Waals surface area contributed by atoms with Gasteiger partial charge in [-0.3, -0.25) is 0 Å². The topological polar surface area (TPSA) is 35.8 Å². The molecule has 28 heavy (non-hydrogen) atoms. The summed E-state index contributed by atoms with van der Waals surface area (Å²) in [6, 6.07) is 32.3. The summed E-state index contributed by atoms with van der Waals surface area (Å²) in [5.41, 5.74) is 4.79. The number of nitrogens with one attached hydrogen (secondary N) is 1. The van der Waals surface area contributed by atoms with Crippen molar-refractivity contribution in [2.24, 2.45) is 5.92 Å². The van der Waals surface area contributed by atoms with E-state index in [1.54, 1.807) is 0 Å². The van der Waals surface area contributed by atoms with Crippen LogP contribution in [0.3, 0.4) is 0 Å². The van der Waals surface area contributed by atoms with Gasteiger partial charge < -0.3 is 5.32 Å². The molecule has 2 heteroatoms. The van der Waals surface area contributed by atoms with E-state index in [4.69, 9.17) is 0 Å². The Morgan fingerprint density at radius 3 is 1.93 bits per heavy atom. The molecule has 1 aliphatic rings. The number of hydrogen-bond acceptors (Lipinski definition) is 2. The number of anilines is 2. The average Bonchev–Trinajstić information content (AvgIpc) is 2.72. The van der Waals surface area contributed by atoms with Gasteiger partial charge in [-0.15, -0.1) is 0 Å². The van der Waals surface area contributed by atoms with Gasteiger partial charge in [0, 0.05) is 23.2 Å². The second-order valence-corrected chi connectivity index (χ2v) is 7.69. The molecule has 0 radical (unpaired) electrons. The van der Waals surface area contributed by atoms with E-state index in [2.05, 4.69) is 78.1 Å². The third-order valence-electron chi connectivity index (χ3n) is 6.18. The van der Waals surface area contributed by atoms with Crippen molar-refractivity contribution in [3.63, 3.8) is 0 Å². The number of nitriles is 1. The van der Waals surface area contributed by atoms with Crippen molar-refractivity contribution in [3.05, 3.63) is 96.1 Å². The van der Waals surface area contributed by atoms with E-state index in [1.807, 2.05) is 18.2 Å². The van der Waals surface area contributed by atoms with Crippen LogP contribution in [0.25, 0.3) is 0 Å². The Labute approximate surface area is 167 Å². The number of nitrogens with zero attached hydrogens (tertiary/aromatic N) is 1. The summed E-state index contributed by atoms with van der Waals surface area (Å²) in [6.45, 7) is 0. The lowest BCUT2D eigenvalue weighted by Crippen LogP contribution is -2.40. The van der Waals surface area contributed by atoms with Gasteiger partial charge >= 0.3 is 0 Å². The van der Waals surface area contributed by atoms with Crippen molar-refractivity contribution in [2.75, 3.05) is 5.32 Å². The summed E-state index contributed by atoms with van der Waals surface area (Å²) in [5, 5.41) is 12.8. The summed E-state index contributed by atoms with van der Waals surface area (Å²) < 4.78 is 0. The lowest BCUT2D eigenvalue weighted by atomic mass is 9.57. The number of hydrogen-bond donors (Lipinski definition) is 1. The Morgan fingerprint density at radius 1 is 0.786 bits per heavy atom. The molecule has 0 aliphatic heterocycles. The summed E-state index contributed by atoms with van der Waals surface area (Å²) in [4.78, 5) is 0. The molecule has 4 rings (SSSR count). The third-order valence-corrected chi connectivity index (χ3v) is 6.18. The molecule has 2 nitrogen and oxygen atoms in total. The average molecular weight is 367 g/mol. The highest BCUT2D eigenvalue weighted by Crippen LogP contribution is 2.51. The van der Waals surface area contributed by atoms with Crippen LogP contribution in [0, 0.1) is 17.2 Å². The normalized spacial score (nSPS) is 15.8. The molecule has 0 saturated heterocycles. The van der Waals surface area contributed by atoms with Crippen LogP contribution in [0.2, 0.25) is 0 Å². The van der Waals surface area contributed by atoms with Gasteiger partial charge in [0.15, 0.2) is 0 Å². The lowest BCUT2D eigenvalue weighted by Gasteiger charge is -2.46. The number of para-hydroxylation sites is 1. The van der Waals surface area contributed by atoms with Gasteiger partial charge in [-0.05, 0) is 60.6 Å². The van der Waals surface area contributed by atoms with E-state index < -0.39 is 0 Å². The molecule has 0 bridgehead atoms. The minimum atomic E-state index is -0.0689. The Morgan fingerprint density at radius 2 is 1.36 bits per heavy atom. The minimum Gasteiger partial charge on any atom is -0.356 e. The molecule has 1 atom stereocenters. The largest absolute Gasteiger partial charge is 0.356 e. The first-order chi connectivity index (χ1) is 13.8. The summed E-state index contributed by atoms with van der Waals surface area (Å²) in [7, 11) is 0. The van der Waals surface area contributed by atoms with E-state index in [-0.39, 0.29) is 5.41 Å². The van der Waals surface area contributed by atoms with Crippen molar-refractivity contribution >= 4 is 11.4 Å². The second kappa shape index (κ2) is 8.31. The maximum absolute atomic E-state index is 9.34. The summed E-state index contributed by atoms with van der Waals surface area (Å²) in [6.07, 6.45) is 5.23. The van der Waals surface area contributed by atoms with Crippen molar-refractivity contribution in [1.82, 2.24) is 0 Å². The van der Waals surface area contributed by atoms with Gasteiger partial charge in [0.05, 0.1) is 6.07 Å². The monoisotopic (exact) mass is 366 g/mol. The fourth-order valence-corrected chi connectivity index (χ4v) is 4.56. The van der Waals surface area contributed by atoms with Crippen molar-refractivity contribution in [1.29, 1.82) is 5.26 Å². The fraction of sp³-hybridized carbons (Fsp3) is 0.269. The first-order valence-electron chi connectivity index (χ1n) is 10.2. The smallest absolute Gasteiger partial charge is 0.0622 e. The Bertz CT molecular complexity index is 922. The van der Waals surface area contributed by atoms with Crippen LogP contribution in [0.15, 0.2) is 84.9 Å². The van der Waals surface area contributed by atoms with E-state index in [0.29, 0.717) is 12.3 Å². The maximum Gasteiger partial charge on any atom is 0.0622 e. The highest BCUT2D eigenvalue weighted by molar-refractivity contribution is 5.60. The van der Waals surface area contributed by atoms with Gasteiger partial charge in [0.1, 0.15) is 0 Å². The van der Waals surface area contributed by atoms with Crippen molar-refractivity contribution < 1.29 is 0 Å². The second-order valence-electron chi connectivity index (χ2n) is 7.69. The molecule has 1 aliphatic carbocycles. The molecule has 0 spiro atoms. The third kappa shape index (κ3) is 3.53. The first-order valence-corrected chi connectivity index (χ1v) is 10.2. The van der Waals surface area contributed by atoms with E-state index >= 15 is 0 Å². The summed E-state index contributed by atoms with van der Waals surface area (Å²) >= 11 is 0. The van der Waals surface area contributed by atoms with Crippen LogP contribution in [0.1, 0.15) is 43.2 Å². The minimum absolute atomic E-state index is 0.0689. The molecule has 3 aromatic carbocycles. The highest BCUT2D eigenvalue weighted by atomic mass is 14.9. The predicted octanol–water partition coefficient (Wildman–Crippen LogP) is 6.82. The van der Waals surface area contributed by atoms with Crippen LogP contribution >= 0.6 is 0 Å². The molecule has 0 amide bonds. The SMILES string of the molecule is N#CCCC(c1ccccc1)(c1ccc(Nc2ccccc2)cc1)C1CCC1. The molecular formula is C26H26N2. The van der Waals surface area contributed by atoms with E-state index in [0.717, 1.165) is 17.8 Å². The zero-order chi connectivity index (χ0) is 19.2. The summed E-state index contributed by atoms with van der Waals surface area (Å²) in [5.74, 6) is 0.608. The molecule has 0 aromatic heterocycles.